The van der Waals surface area contributed by atoms with Crippen LogP contribution in [0.1, 0.15) is 27.2 Å². The summed E-state index contributed by atoms with van der Waals surface area (Å²) in [6, 6.07) is 2.41. The van der Waals surface area contributed by atoms with E-state index >= 15 is 0 Å². The summed E-state index contributed by atoms with van der Waals surface area (Å²) in [4.78, 5) is 12.8. The summed E-state index contributed by atoms with van der Waals surface area (Å²) < 4.78 is 0. The van der Waals surface area contributed by atoms with E-state index in [2.05, 4.69) is 6.07 Å². The number of hydrogen-bond acceptors (Lipinski definition) is 3. The van der Waals surface area contributed by atoms with Gasteiger partial charge in [-0.3, -0.25) is 9.69 Å². The quantitative estimate of drug-likeness (QED) is 0.619. The van der Waals surface area contributed by atoms with Crippen molar-refractivity contribution in [3.8, 4) is 6.07 Å². The van der Waals surface area contributed by atoms with Crippen LogP contribution in [0.5, 0.6) is 0 Å². The molecule has 0 aromatic rings. The van der Waals surface area contributed by atoms with Crippen molar-refractivity contribution in [2.24, 2.45) is 0 Å². The van der Waals surface area contributed by atoms with E-state index in [0.29, 0.717) is 25.6 Å². The van der Waals surface area contributed by atoms with Crippen LogP contribution >= 0.6 is 0 Å². The SMILES string of the molecule is CC(=O)CN(CCC#N)C(C)C. The molecule has 0 atom stereocenters. The van der Waals surface area contributed by atoms with Gasteiger partial charge in [0.15, 0.2) is 0 Å². The van der Waals surface area contributed by atoms with Gasteiger partial charge in [0.25, 0.3) is 0 Å². The molecule has 12 heavy (non-hydrogen) atoms. The van der Waals surface area contributed by atoms with Gasteiger partial charge in [0.1, 0.15) is 5.78 Å². The number of Topliss-reactive ketones (excluding diaryl/α,β-unsaturated/α-hetero) is 1. The second-order valence-corrected chi connectivity index (χ2v) is 3.17. The molecule has 0 saturated heterocycles. The summed E-state index contributed by atoms with van der Waals surface area (Å²) >= 11 is 0. The van der Waals surface area contributed by atoms with Gasteiger partial charge in [0, 0.05) is 19.0 Å². The Labute approximate surface area is 74.0 Å². The lowest BCUT2D eigenvalue weighted by atomic mass is 10.2. The van der Waals surface area contributed by atoms with Crippen LogP contribution in [0.15, 0.2) is 0 Å². The largest absolute Gasteiger partial charge is 0.299 e. The lowest BCUT2D eigenvalue weighted by Crippen LogP contribution is -2.35. The average Bonchev–Trinajstić information content (AvgIpc) is 1.96. The first-order chi connectivity index (χ1) is 5.57. The number of hydrogen-bond donors (Lipinski definition) is 0. The maximum Gasteiger partial charge on any atom is 0.143 e. The zero-order chi connectivity index (χ0) is 9.56. The number of nitrogens with zero attached hydrogens (tertiary/aromatic N) is 2. The zero-order valence-corrected chi connectivity index (χ0v) is 8.00. The van der Waals surface area contributed by atoms with Crippen molar-refractivity contribution in [2.75, 3.05) is 13.1 Å². The lowest BCUT2D eigenvalue weighted by Gasteiger charge is -2.23. The van der Waals surface area contributed by atoms with E-state index in [1.165, 1.54) is 0 Å². The number of rotatable bonds is 5. The molecular weight excluding hydrogens is 152 g/mol. The van der Waals surface area contributed by atoms with Gasteiger partial charge in [-0.25, -0.2) is 0 Å². The van der Waals surface area contributed by atoms with Gasteiger partial charge in [0.2, 0.25) is 0 Å². The first kappa shape index (κ1) is 11.1. The molecule has 0 saturated carbocycles. The van der Waals surface area contributed by atoms with Gasteiger partial charge < -0.3 is 0 Å². The van der Waals surface area contributed by atoms with E-state index < -0.39 is 0 Å². The highest BCUT2D eigenvalue weighted by Crippen LogP contribution is 1.98. The highest BCUT2D eigenvalue weighted by atomic mass is 16.1. The highest BCUT2D eigenvalue weighted by Gasteiger charge is 2.10. The number of carbonyl (C=O) groups excluding carboxylic acids is 1. The predicted octanol–water partition coefficient (Wildman–Crippen LogP) is 1.20. The molecule has 68 valence electrons. The fourth-order valence-corrected chi connectivity index (χ4v) is 0.999. The molecule has 0 aliphatic carbocycles. The Morgan fingerprint density at radius 2 is 2.17 bits per heavy atom. The Balaban J connectivity index is 3.88. The molecule has 0 aliphatic heterocycles. The Kier molecular flexibility index (Phi) is 5.31. The molecule has 0 aromatic carbocycles. The average molecular weight is 168 g/mol. The van der Waals surface area contributed by atoms with E-state index in [-0.39, 0.29) is 5.78 Å². The Morgan fingerprint density at radius 3 is 2.50 bits per heavy atom. The molecule has 0 unspecified atom stereocenters. The van der Waals surface area contributed by atoms with Gasteiger partial charge in [-0.05, 0) is 20.8 Å². The van der Waals surface area contributed by atoms with Crippen molar-refractivity contribution in [2.45, 2.75) is 33.2 Å². The summed E-state index contributed by atoms with van der Waals surface area (Å²) in [5, 5.41) is 8.37. The van der Waals surface area contributed by atoms with Crippen LogP contribution in [0.3, 0.4) is 0 Å². The minimum Gasteiger partial charge on any atom is -0.299 e. The van der Waals surface area contributed by atoms with Crippen LogP contribution in [0, 0.1) is 11.3 Å². The Morgan fingerprint density at radius 1 is 1.58 bits per heavy atom. The van der Waals surface area contributed by atoms with E-state index in [4.69, 9.17) is 5.26 Å². The summed E-state index contributed by atoms with van der Waals surface area (Å²) in [6.45, 7) is 6.77. The molecule has 0 aromatic heterocycles. The highest BCUT2D eigenvalue weighted by molar-refractivity contribution is 5.77. The lowest BCUT2D eigenvalue weighted by molar-refractivity contribution is -0.118. The second kappa shape index (κ2) is 5.73. The predicted molar refractivity (Wildman–Crippen MR) is 47.6 cm³/mol. The molecule has 3 nitrogen and oxygen atoms in total. The molecule has 0 aliphatic rings. The summed E-state index contributed by atoms with van der Waals surface area (Å²) in [7, 11) is 0. The van der Waals surface area contributed by atoms with Crippen molar-refractivity contribution in [1.82, 2.24) is 4.90 Å². The standard InChI is InChI=1S/C9H16N2O/c1-8(2)11(6-4-5-10)7-9(3)12/h8H,4,6-7H2,1-3H3. The van der Waals surface area contributed by atoms with Gasteiger partial charge >= 0.3 is 0 Å². The Bertz CT molecular complexity index is 181. The van der Waals surface area contributed by atoms with Crippen LogP contribution in [0.25, 0.3) is 0 Å². The van der Waals surface area contributed by atoms with E-state index in [1.54, 1.807) is 6.92 Å². The molecule has 0 heterocycles. The maximum absolute atomic E-state index is 10.8. The van der Waals surface area contributed by atoms with Crippen molar-refractivity contribution >= 4 is 5.78 Å². The van der Waals surface area contributed by atoms with Gasteiger partial charge in [0.05, 0.1) is 12.6 Å². The van der Waals surface area contributed by atoms with Crippen LogP contribution in [0.2, 0.25) is 0 Å². The van der Waals surface area contributed by atoms with Crippen LogP contribution in [-0.2, 0) is 4.79 Å². The van der Waals surface area contributed by atoms with Crippen LogP contribution in [-0.4, -0.2) is 29.8 Å². The molecule has 0 fully saturated rings. The van der Waals surface area contributed by atoms with E-state index in [9.17, 15) is 4.79 Å². The van der Waals surface area contributed by atoms with Crippen LogP contribution < -0.4 is 0 Å². The van der Waals surface area contributed by atoms with Crippen LogP contribution in [0.4, 0.5) is 0 Å². The van der Waals surface area contributed by atoms with Crippen molar-refractivity contribution in [1.29, 1.82) is 5.26 Å². The molecular formula is C9H16N2O. The molecule has 0 rings (SSSR count). The fourth-order valence-electron chi connectivity index (χ4n) is 0.999. The second-order valence-electron chi connectivity index (χ2n) is 3.17. The third-order valence-electron chi connectivity index (χ3n) is 1.67. The Hall–Kier alpha value is -0.880. The first-order valence-electron chi connectivity index (χ1n) is 4.18. The fraction of sp³-hybridized carbons (Fsp3) is 0.778. The first-order valence-corrected chi connectivity index (χ1v) is 4.18. The minimum absolute atomic E-state index is 0.154. The third kappa shape index (κ3) is 4.86. The topological polar surface area (TPSA) is 44.1 Å². The van der Waals surface area contributed by atoms with Crippen molar-refractivity contribution in [3.05, 3.63) is 0 Å². The number of carbonyl (C=O) groups is 1. The van der Waals surface area contributed by atoms with Crippen molar-refractivity contribution < 1.29 is 4.79 Å². The van der Waals surface area contributed by atoms with Gasteiger partial charge in [-0.1, -0.05) is 0 Å². The van der Waals surface area contributed by atoms with Gasteiger partial charge in [-0.2, -0.15) is 5.26 Å². The maximum atomic E-state index is 10.8. The summed E-state index contributed by atoms with van der Waals surface area (Å²) in [5.41, 5.74) is 0. The number of ketones is 1. The molecule has 3 heteroatoms. The molecule has 0 radical (unpaired) electrons. The molecule has 0 bridgehead atoms. The molecule has 0 amide bonds. The van der Waals surface area contributed by atoms with Crippen molar-refractivity contribution in [3.63, 3.8) is 0 Å². The minimum atomic E-state index is 0.154. The molecule has 0 spiro atoms. The molecule has 0 N–H and O–H groups in total. The van der Waals surface area contributed by atoms with E-state index in [1.807, 2.05) is 18.7 Å². The van der Waals surface area contributed by atoms with E-state index in [0.717, 1.165) is 0 Å². The monoisotopic (exact) mass is 168 g/mol. The number of nitriles is 1. The summed E-state index contributed by atoms with van der Waals surface area (Å²) in [6.07, 6.45) is 0.492. The summed E-state index contributed by atoms with van der Waals surface area (Å²) in [5.74, 6) is 0.154. The normalized spacial score (nSPS) is 10.3. The van der Waals surface area contributed by atoms with Gasteiger partial charge in [-0.15, -0.1) is 0 Å². The smallest absolute Gasteiger partial charge is 0.143 e. The third-order valence-corrected chi connectivity index (χ3v) is 1.67. The zero-order valence-electron chi connectivity index (χ0n) is 8.00.